The number of thiocarbonyl (C=S) groups is 1. The number of likely N-dealkylation sites (tertiary alicyclic amines) is 1. The summed E-state index contributed by atoms with van der Waals surface area (Å²) < 4.78 is 5.49. The van der Waals surface area contributed by atoms with Gasteiger partial charge in [-0.25, -0.2) is 4.98 Å². The van der Waals surface area contributed by atoms with Crippen molar-refractivity contribution < 1.29 is 9.53 Å². The van der Waals surface area contributed by atoms with E-state index in [9.17, 15) is 4.79 Å². The van der Waals surface area contributed by atoms with Crippen LogP contribution < -0.4 is 10.2 Å². The van der Waals surface area contributed by atoms with Crippen LogP contribution in [-0.4, -0.2) is 59.7 Å². The van der Waals surface area contributed by atoms with Crippen LogP contribution in [0, 0.1) is 5.41 Å². The van der Waals surface area contributed by atoms with Crippen molar-refractivity contribution in [3.8, 4) is 0 Å². The molecule has 0 amide bonds. The fourth-order valence-corrected chi connectivity index (χ4v) is 5.54. The van der Waals surface area contributed by atoms with Crippen LogP contribution in [0.25, 0.3) is 6.08 Å². The number of ketones is 1. The molecule has 2 saturated heterocycles. The van der Waals surface area contributed by atoms with Crippen LogP contribution in [0.15, 0.2) is 84.4 Å². The van der Waals surface area contributed by atoms with Gasteiger partial charge in [-0.1, -0.05) is 68.4 Å². The summed E-state index contributed by atoms with van der Waals surface area (Å²) in [5.74, 6) is 1.04. The third kappa shape index (κ3) is 5.79. The number of piperidine rings is 1. The number of carbonyl (C=O) groups is 1. The van der Waals surface area contributed by atoms with E-state index in [-0.39, 0.29) is 11.8 Å². The van der Waals surface area contributed by atoms with E-state index >= 15 is 0 Å². The number of carbonyl (C=O) groups excluding carboxylic acids is 1. The monoisotopic (exact) mass is 526 g/mol. The minimum Gasteiger partial charge on any atom is -0.378 e. The maximum Gasteiger partial charge on any atom is 0.174 e. The van der Waals surface area contributed by atoms with Gasteiger partial charge in [0.05, 0.1) is 18.9 Å². The van der Waals surface area contributed by atoms with Crippen molar-refractivity contribution in [2.45, 2.75) is 26.3 Å². The highest BCUT2D eigenvalue weighted by Gasteiger charge is 2.46. The fraction of sp³-hybridized carbons (Fsp3) is 0.323. The second kappa shape index (κ2) is 11.5. The lowest BCUT2D eigenvalue weighted by Crippen LogP contribution is -2.59. The van der Waals surface area contributed by atoms with Gasteiger partial charge in [0.15, 0.2) is 10.9 Å². The highest BCUT2D eigenvalue weighted by Crippen LogP contribution is 2.38. The zero-order valence-corrected chi connectivity index (χ0v) is 22.8. The number of rotatable bonds is 5. The molecule has 3 aromatic rings. The number of Topliss-reactive ketones (excluding diaryl/α,β-unsaturated/α-hetero) is 1. The van der Waals surface area contributed by atoms with Crippen LogP contribution >= 0.6 is 12.2 Å². The summed E-state index contributed by atoms with van der Waals surface area (Å²) in [5.41, 5.74) is 2.93. The van der Waals surface area contributed by atoms with E-state index in [1.54, 1.807) is 0 Å². The predicted octanol–water partition coefficient (Wildman–Crippen LogP) is 5.22. The van der Waals surface area contributed by atoms with E-state index in [2.05, 4.69) is 27.2 Å². The van der Waals surface area contributed by atoms with Gasteiger partial charge in [-0.15, -0.1) is 0 Å². The highest BCUT2D eigenvalue weighted by atomic mass is 32.1. The molecule has 6 nitrogen and oxygen atoms in total. The second-order valence-corrected chi connectivity index (χ2v) is 10.8. The van der Waals surface area contributed by atoms with Gasteiger partial charge in [0.2, 0.25) is 0 Å². The zero-order chi connectivity index (χ0) is 26.5. The summed E-state index contributed by atoms with van der Waals surface area (Å²) in [6.07, 6.45) is 2.65. The summed E-state index contributed by atoms with van der Waals surface area (Å²) in [6, 6.07) is 26.1. The molecule has 196 valence electrons. The van der Waals surface area contributed by atoms with Crippen molar-refractivity contribution in [2.24, 2.45) is 5.41 Å². The zero-order valence-electron chi connectivity index (χ0n) is 22.0. The summed E-state index contributed by atoms with van der Waals surface area (Å²) >= 11 is 5.96. The Morgan fingerprint density at radius 1 is 1.03 bits per heavy atom. The number of ether oxygens (including phenoxy) is 1. The first kappa shape index (κ1) is 26.1. The molecule has 3 heterocycles. The molecule has 2 aliphatic heterocycles. The number of hydrogen-bond donors (Lipinski definition) is 1. The molecule has 1 aromatic heterocycles. The lowest BCUT2D eigenvalue weighted by molar-refractivity contribution is -0.128. The quantitative estimate of drug-likeness (QED) is 0.361. The molecule has 0 aliphatic carbocycles. The third-order valence-corrected chi connectivity index (χ3v) is 7.73. The molecule has 1 atom stereocenters. The molecule has 0 bridgehead atoms. The molecule has 2 aliphatic rings. The maximum absolute atomic E-state index is 14.0. The number of pyridine rings is 1. The van der Waals surface area contributed by atoms with E-state index in [1.807, 2.05) is 86.7 Å². The second-order valence-electron chi connectivity index (χ2n) is 10.4. The Labute approximate surface area is 230 Å². The number of nitrogens with one attached hydrogen (secondary N) is 1. The Bertz CT molecular complexity index is 1300. The number of benzene rings is 2. The average molecular weight is 527 g/mol. The van der Waals surface area contributed by atoms with Crippen molar-refractivity contribution in [1.29, 1.82) is 0 Å². The van der Waals surface area contributed by atoms with Gasteiger partial charge < -0.3 is 19.9 Å². The fourth-order valence-electron chi connectivity index (χ4n) is 5.23. The summed E-state index contributed by atoms with van der Waals surface area (Å²) in [6.45, 7) is 7.51. The molecule has 0 radical (unpaired) electrons. The number of morpholine rings is 1. The molecule has 0 saturated carbocycles. The molecule has 2 aromatic carbocycles. The third-order valence-electron chi connectivity index (χ3n) is 7.40. The van der Waals surface area contributed by atoms with E-state index in [0.29, 0.717) is 36.9 Å². The smallest absolute Gasteiger partial charge is 0.174 e. The van der Waals surface area contributed by atoms with Gasteiger partial charge in [0.1, 0.15) is 5.82 Å². The summed E-state index contributed by atoms with van der Waals surface area (Å²) in [4.78, 5) is 23.2. The van der Waals surface area contributed by atoms with Crippen LogP contribution in [0.3, 0.4) is 0 Å². The molecule has 1 unspecified atom stereocenters. The first-order chi connectivity index (χ1) is 18.4. The maximum atomic E-state index is 14.0. The van der Waals surface area contributed by atoms with Gasteiger partial charge in [-0.05, 0) is 54.5 Å². The van der Waals surface area contributed by atoms with E-state index < -0.39 is 5.41 Å². The number of aromatic nitrogens is 1. The van der Waals surface area contributed by atoms with Crippen molar-refractivity contribution in [3.05, 3.63) is 95.7 Å². The van der Waals surface area contributed by atoms with E-state index in [0.717, 1.165) is 30.3 Å². The number of hydrogen-bond acceptors (Lipinski definition) is 5. The lowest BCUT2D eigenvalue weighted by atomic mass is 9.71. The van der Waals surface area contributed by atoms with Crippen LogP contribution in [0.2, 0.25) is 0 Å². The van der Waals surface area contributed by atoms with Gasteiger partial charge in [0, 0.05) is 42.4 Å². The van der Waals surface area contributed by atoms with Crippen molar-refractivity contribution in [1.82, 2.24) is 9.88 Å². The minimum absolute atomic E-state index is 0.106. The van der Waals surface area contributed by atoms with E-state index in [4.69, 9.17) is 21.9 Å². The van der Waals surface area contributed by atoms with Crippen LogP contribution in [-0.2, 0) is 16.0 Å². The molecule has 38 heavy (non-hydrogen) atoms. The molecule has 2 fully saturated rings. The first-order valence-electron chi connectivity index (χ1n) is 13.1. The van der Waals surface area contributed by atoms with Gasteiger partial charge in [0.25, 0.3) is 0 Å². The Morgan fingerprint density at radius 3 is 2.42 bits per heavy atom. The van der Waals surface area contributed by atoms with Crippen LogP contribution in [0.5, 0.6) is 0 Å². The van der Waals surface area contributed by atoms with Crippen LogP contribution in [0.4, 0.5) is 11.5 Å². The number of para-hydroxylation sites is 1. The normalized spacial score (nSPS) is 20.4. The highest BCUT2D eigenvalue weighted by molar-refractivity contribution is 7.80. The molecule has 0 spiro atoms. The van der Waals surface area contributed by atoms with Gasteiger partial charge in [-0.2, -0.15) is 0 Å². The van der Waals surface area contributed by atoms with Gasteiger partial charge in [-0.3, -0.25) is 4.79 Å². The van der Waals surface area contributed by atoms with Crippen LogP contribution in [0.1, 0.15) is 25.1 Å². The topological polar surface area (TPSA) is 57.7 Å². The number of anilines is 2. The Kier molecular flexibility index (Phi) is 7.86. The van der Waals surface area contributed by atoms with E-state index in [1.165, 1.54) is 5.56 Å². The Hall–Kier alpha value is -3.55. The predicted molar refractivity (Wildman–Crippen MR) is 157 cm³/mol. The standard InChI is InChI=1S/C31H34N4O2S/c1-31(2)27(20-23-10-5-3-6-11-23)35(30(38)33-25-12-7-4-8-13-25)22-24(29(31)36)21-26-14-9-15-28(32-26)34-16-18-37-19-17-34/h3-15,21,27H,16-20,22H2,1-2H3,(H,33,38). The molecule has 5 rings (SSSR count). The molecule has 7 heteroatoms. The summed E-state index contributed by atoms with van der Waals surface area (Å²) in [5, 5.41) is 4.01. The Morgan fingerprint density at radius 2 is 1.71 bits per heavy atom. The number of nitrogens with zero attached hydrogens (tertiary/aromatic N) is 3. The lowest BCUT2D eigenvalue weighted by Gasteiger charge is -2.47. The largest absolute Gasteiger partial charge is 0.378 e. The van der Waals surface area contributed by atoms with Gasteiger partial charge >= 0.3 is 0 Å². The van der Waals surface area contributed by atoms with Crippen molar-refractivity contribution >= 4 is 40.7 Å². The first-order valence-corrected chi connectivity index (χ1v) is 13.5. The SMILES string of the molecule is CC1(C)C(=O)C(=Cc2cccc(N3CCOCC3)n2)CN(C(=S)Nc2ccccc2)C1Cc1ccccc1. The molecular formula is C31H34N4O2S. The minimum atomic E-state index is -0.663. The van der Waals surface area contributed by atoms with Crippen molar-refractivity contribution in [3.63, 3.8) is 0 Å². The molecule has 1 N–H and O–H groups in total. The Balaban J connectivity index is 1.47. The van der Waals surface area contributed by atoms with Crippen molar-refractivity contribution in [2.75, 3.05) is 43.1 Å². The average Bonchev–Trinajstić information content (AvgIpc) is 2.95. The molecular weight excluding hydrogens is 492 g/mol. The summed E-state index contributed by atoms with van der Waals surface area (Å²) in [7, 11) is 0.